The third kappa shape index (κ3) is 9.41. The van der Waals surface area contributed by atoms with E-state index in [2.05, 4.69) is 15.0 Å². The first-order valence-electron chi connectivity index (χ1n) is 24.2. The molecule has 410 valence electrons. The van der Waals surface area contributed by atoms with Crippen molar-refractivity contribution in [2.75, 3.05) is 0 Å². The Morgan fingerprint density at radius 2 is 0.460 bits per heavy atom. The molecule has 0 bridgehead atoms. The minimum atomic E-state index is -5.72. The van der Waals surface area contributed by atoms with Gasteiger partial charge < -0.3 is 49.9 Å². The Morgan fingerprint density at radius 1 is 0.241 bits per heavy atom. The Kier molecular flexibility index (Phi) is 15.4. The Balaban J connectivity index is 0.00000196. The van der Waals surface area contributed by atoms with Crippen molar-refractivity contribution in [1.29, 1.82) is 0 Å². The number of fused-ring (bicyclic) bond motifs is 25. The summed E-state index contributed by atoms with van der Waals surface area (Å²) in [4.78, 5) is 70.9. The van der Waals surface area contributed by atoms with E-state index < -0.39 is 97.1 Å². The molecule has 0 aliphatic carbocycles. The van der Waals surface area contributed by atoms with Gasteiger partial charge in [0.25, 0.3) is 41.6 Å². The van der Waals surface area contributed by atoms with Gasteiger partial charge in [-0.2, -0.15) is 0 Å². The van der Waals surface area contributed by atoms with E-state index in [1.165, 1.54) is 121 Å². The summed E-state index contributed by atoms with van der Waals surface area (Å²) in [7, 11) is -22.7. The number of hydrogen-bond acceptors (Lipinski definition) is 20. The third-order valence-electron chi connectivity index (χ3n) is 15.2. The van der Waals surface area contributed by atoms with E-state index in [1.807, 2.05) is 0 Å². The van der Waals surface area contributed by atoms with Crippen LogP contribution in [0.15, 0.2) is 141 Å². The van der Waals surface area contributed by atoms with Gasteiger partial charge in [-0.3, -0.25) is 19.2 Å². The van der Waals surface area contributed by atoms with Crippen LogP contribution in [0.2, 0.25) is 0 Å². The van der Waals surface area contributed by atoms with Crippen molar-refractivity contribution in [3.63, 3.8) is 0 Å². The smallest absolute Gasteiger partial charge is 0.716 e. The molecule has 3 heterocycles. The van der Waals surface area contributed by atoms with E-state index >= 15 is 19.2 Å². The van der Waals surface area contributed by atoms with Gasteiger partial charge in [0.1, 0.15) is 0 Å². The predicted octanol–water partition coefficient (Wildman–Crippen LogP) is -4.50. The summed E-state index contributed by atoms with van der Waals surface area (Å²) in [5, 5.41) is -3.68. The first-order valence-corrected chi connectivity index (χ1v) is 29.5. The van der Waals surface area contributed by atoms with Gasteiger partial charge in [0.05, 0.1) is 65.4 Å². The second-order valence-corrected chi connectivity index (χ2v) is 23.4. The fourth-order valence-electron chi connectivity index (χ4n) is 12.4. The Labute approximate surface area is 573 Å². The molecule has 0 aliphatic rings. The summed E-state index contributed by atoms with van der Waals surface area (Å²) in [5.74, 6) is -2.66. The minimum Gasteiger partial charge on any atom is -0.716 e. The molecule has 0 unspecified atom stereocenters. The fourth-order valence-corrected chi connectivity index (χ4v) is 14.0. The summed E-state index contributed by atoms with van der Waals surface area (Å²) >= 11 is 0. The Morgan fingerprint density at radius 3 is 0.736 bits per heavy atom. The zero-order valence-corrected chi connectivity index (χ0v) is 56.1. The maximum Gasteiger partial charge on any atom is 1.00 e. The number of hydrogen-bond donors (Lipinski definition) is 3. The molecule has 12 aromatic carbocycles. The molecule has 0 saturated carbocycles. The van der Waals surface area contributed by atoms with E-state index in [1.54, 1.807) is 0 Å². The van der Waals surface area contributed by atoms with Crippen molar-refractivity contribution in [3.05, 3.63) is 162 Å². The summed E-state index contributed by atoms with van der Waals surface area (Å²) in [6.07, 6.45) is 0. The molecule has 0 aliphatic heterocycles. The minimum absolute atomic E-state index is 0. The van der Waals surface area contributed by atoms with Gasteiger partial charge in [0.15, 0.2) is 44.7 Å². The molecule has 87 heavy (non-hydrogen) atoms. The van der Waals surface area contributed by atoms with Crippen molar-refractivity contribution in [1.82, 2.24) is 15.0 Å². The van der Waals surface area contributed by atoms with Gasteiger partial charge in [-0.1, -0.05) is 109 Å². The number of aromatic amines is 3. The Bertz CT molecular complexity index is 6040. The van der Waals surface area contributed by atoms with Crippen molar-refractivity contribution >= 4 is 193 Å². The van der Waals surface area contributed by atoms with Crippen LogP contribution in [0.1, 0.15) is 0 Å². The quantitative estimate of drug-likeness (QED) is 0.0559. The normalized spacial score (nSPS) is 12.6. The second kappa shape index (κ2) is 21.4. The summed E-state index contributed by atoms with van der Waals surface area (Å²) < 4.78 is 172. The molecule has 0 spiro atoms. The van der Waals surface area contributed by atoms with E-state index in [4.69, 9.17) is 16.7 Å². The van der Waals surface area contributed by atoms with Crippen molar-refractivity contribution in [3.8, 4) is 23.0 Å². The topological polar surface area (TPSA) is 381 Å². The molecule has 15 aromatic rings. The fraction of sp³-hybridized carbons (Fsp3) is 0. The van der Waals surface area contributed by atoms with Gasteiger partial charge in [-0.25, -0.2) is 33.7 Å². The average molecular weight is 1280 g/mol. The maximum atomic E-state index is 15.4. The molecule has 0 amide bonds. The summed E-state index contributed by atoms with van der Waals surface area (Å²) in [5.41, 5.74) is -3.91. The molecule has 3 N–H and O–H groups in total. The molecular formula is C56H23N3Na4O20S4. The van der Waals surface area contributed by atoms with Crippen LogP contribution in [0.25, 0.3) is 152 Å². The molecule has 31 heteroatoms. The molecule has 0 fully saturated rings. The van der Waals surface area contributed by atoms with E-state index in [-0.39, 0.29) is 259 Å². The maximum absolute atomic E-state index is 15.4. The van der Waals surface area contributed by atoms with Crippen molar-refractivity contribution in [2.24, 2.45) is 0 Å². The molecule has 3 aromatic heterocycles. The van der Waals surface area contributed by atoms with Crippen molar-refractivity contribution in [2.45, 2.75) is 0 Å². The monoisotopic (exact) mass is 1280 g/mol. The first kappa shape index (κ1) is 62.8. The van der Waals surface area contributed by atoms with Gasteiger partial charge in [-0.05, 0) is 12.1 Å². The van der Waals surface area contributed by atoms with E-state index in [0.29, 0.717) is 0 Å². The SMILES string of the molecule is O=c1c2ccccc2c(=O)c2c3[nH]c4c5c(=O)c6ccccc6c(=O)c5c5[nH]c6c(ccc7c(OS(=O)(=O)[O-])c8ccccc8c(OS(=O)(=O)[O-])c76)c5c4c3c3c4ccc5c(OS(=O)(=O)[O-])c6ccccc6c(OS(=O)(=O)[O-])c5c4[nH]c3c12.[Na+].[Na+].[Na+].[Na+]. The summed E-state index contributed by atoms with van der Waals surface area (Å²) in [6, 6.07) is 27.4. The van der Waals surface area contributed by atoms with Crippen LogP contribution in [-0.2, 0) is 41.6 Å². The van der Waals surface area contributed by atoms with Crippen LogP contribution >= 0.6 is 0 Å². The number of rotatable bonds is 8. The van der Waals surface area contributed by atoms with Crippen LogP contribution in [0.4, 0.5) is 0 Å². The van der Waals surface area contributed by atoms with Crippen LogP contribution in [0, 0.1) is 0 Å². The molecule has 0 radical (unpaired) electrons. The van der Waals surface area contributed by atoms with E-state index in [9.17, 15) is 51.9 Å². The first-order chi connectivity index (χ1) is 39.4. The summed E-state index contributed by atoms with van der Waals surface area (Å²) in [6.45, 7) is 0. The van der Waals surface area contributed by atoms with Crippen LogP contribution < -0.4 is 157 Å². The zero-order valence-electron chi connectivity index (χ0n) is 44.8. The number of benzene rings is 12. The van der Waals surface area contributed by atoms with Crippen LogP contribution in [-0.4, -0.2) is 66.8 Å². The van der Waals surface area contributed by atoms with Gasteiger partial charge in [-0.15, -0.1) is 0 Å². The number of H-pyrrole nitrogens is 3. The van der Waals surface area contributed by atoms with Crippen LogP contribution in [0.5, 0.6) is 23.0 Å². The van der Waals surface area contributed by atoms with Gasteiger partial charge >= 0.3 is 118 Å². The molecular weight excluding hydrogens is 1250 g/mol. The number of nitrogens with one attached hydrogen (secondary N) is 3. The average Bonchev–Trinajstić information content (AvgIpc) is 1.54. The van der Waals surface area contributed by atoms with E-state index in [0.717, 1.165) is 0 Å². The molecule has 23 nitrogen and oxygen atoms in total. The Hall–Kier alpha value is -5.84. The third-order valence-corrected chi connectivity index (χ3v) is 16.7. The largest absolute Gasteiger partial charge is 1.00 e. The molecule has 15 rings (SSSR count). The predicted molar refractivity (Wildman–Crippen MR) is 303 cm³/mol. The molecule has 0 saturated heterocycles. The van der Waals surface area contributed by atoms with Crippen LogP contribution in [0.3, 0.4) is 0 Å². The molecule has 0 atom stereocenters. The van der Waals surface area contributed by atoms with Gasteiger partial charge in [0.2, 0.25) is 0 Å². The zero-order chi connectivity index (χ0) is 57.9. The van der Waals surface area contributed by atoms with Crippen molar-refractivity contribution < 1.29 is 187 Å². The standard InChI is InChI=1S/C56H27N3O20S4.4Na/c60-49-21-9-1-3-11-23(21)51(62)41-39(49)45-33(29-17-19-31-35(43(29)57-45)55(78-82(70,71)72)27-15-7-5-13-25(27)53(31)76-80(64,65)66)37-38-34-30-18-20-32-36(56(79-83(73,74)75)28-16-8-6-14-26(28)54(32)77-81(67,68)69)44(30)58-46(34)40-42(48(38)59-47(37)41)52(63)24-12-4-2-10-22(24)50(40)61;;;;/h1-20,57-59H,(H,64,65,66)(H,67,68,69)(H,70,71,72)(H,73,74,75);;;;/q;4*+1/p-4. The second-order valence-electron chi connectivity index (χ2n) is 19.5. The number of aromatic nitrogens is 3. The van der Waals surface area contributed by atoms with Gasteiger partial charge in [0, 0.05) is 86.2 Å².